The molecule has 0 unspecified atom stereocenters. The minimum absolute atomic E-state index is 0.0472. The van der Waals surface area contributed by atoms with Crippen molar-refractivity contribution in [2.24, 2.45) is 5.92 Å². The molecule has 2 saturated heterocycles. The first-order chi connectivity index (χ1) is 15.4. The van der Waals surface area contributed by atoms with Crippen LogP contribution < -0.4 is 5.56 Å². The number of rotatable bonds is 5. The van der Waals surface area contributed by atoms with Crippen molar-refractivity contribution in [3.8, 4) is 0 Å². The van der Waals surface area contributed by atoms with Gasteiger partial charge >= 0.3 is 0 Å². The van der Waals surface area contributed by atoms with Crippen molar-refractivity contribution < 1.29 is 4.79 Å². The summed E-state index contributed by atoms with van der Waals surface area (Å²) in [5.41, 5.74) is 2.03. The molecule has 2 aromatic rings. The number of amides is 1. The number of piperidine rings is 1. The van der Waals surface area contributed by atoms with Gasteiger partial charge in [0.15, 0.2) is 0 Å². The second-order valence-electron chi connectivity index (χ2n) is 9.88. The number of likely N-dealkylation sites (tertiary alicyclic amines) is 2. The fourth-order valence-corrected chi connectivity index (χ4v) is 5.92. The van der Waals surface area contributed by atoms with Crippen molar-refractivity contribution in [1.29, 1.82) is 0 Å². The van der Waals surface area contributed by atoms with Gasteiger partial charge in [-0.1, -0.05) is 6.07 Å². The van der Waals surface area contributed by atoms with E-state index in [1.807, 2.05) is 27.9 Å². The summed E-state index contributed by atoms with van der Waals surface area (Å²) in [6, 6.07) is 5.47. The average Bonchev–Trinajstić information content (AvgIpc) is 3.44. The highest BCUT2D eigenvalue weighted by molar-refractivity contribution is 5.81. The van der Waals surface area contributed by atoms with E-state index in [-0.39, 0.29) is 23.3 Å². The minimum atomic E-state index is -0.410. The lowest BCUT2D eigenvalue weighted by Crippen LogP contribution is -2.53. The molecule has 32 heavy (non-hydrogen) atoms. The molecule has 5 rings (SSSR count). The predicted molar refractivity (Wildman–Crippen MR) is 122 cm³/mol. The lowest BCUT2D eigenvalue weighted by molar-refractivity contribution is -0.137. The number of nitrogens with zero attached hydrogens (tertiary/aromatic N) is 6. The standard InChI is InChI=1S/C24H34N6O2/c1-4-27-13-19(25-16-27)14-28-11-17-10-18(12-28)23(30-21(17)6-5-7-22(30)31)24(32)29-9-8-20(15-29)26(2)3/h5-7,13,16-18,20,23H,4,8-12,14-15H2,1-3H3/t17-,18+,20+,23-/m1/s1. The van der Waals surface area contributed by atoms with Gasteiger partial charge in [0, 0.05) is 75.1 Å². The SMILES string of the molecule is CCn1cnc(CN2C[C@H]3C[C@@H](C2)[C@H](C(=O)N2CC[C@H](N(C)C)C2)n2c3cccc2=O)c1. The Balaban J connectivity index is 1.43. The van der Waals surface area contributed by atoms with Crippen molar-refractivity contribution in [3.63, 3.8) is 0 Å². The normalized spacial score (nSPS) is 27.7. The Hall–Kier alpha value is -2.45. The third kappa shape index (κ3) is 3.79. The molecule has 0 aromatic carbocycles. The largest absolute Gasteiger partial charge is 0.339 e. The summed E-state index contributed by atoms with van der Waals surface area (Å²) in [6.45, 7) is 7.03. The van der Waals surface area contributed by atoms with Crippen LogP contribution in [0.2, 0.25) is 0 Å². The Morgan fingerprint density at radius 2 is 2.06 bits per heavy atom. The number of hydrogen-bond acceptors (Lipinski definition) is 5. The van der Waals surface area contributed by atoms with Gasteiger partial charge in [-0.3, -0.25) is 19.1 Å². The average molecular weight is 439 g/mol. The molecule has 0 saturated carbocycles. The van der Waals surface area contributed by atoms with Gasteiger partial charge in [-0.15, -0.1) is 0 Å². The first-order valence-corrected chi connectivity index (χ1v) is 11.8. The topological polar surface area (TPSA) is 66.6 Å². The van der Waals surface area contributed by atoms with E-state index >= 15 is 0 Å². The zero-order valence-electron chi connectivity index (χ0n) is 19.4. The fourth-order valence-electron chi connectivity index (χ4n) is 5.92. The monoisotopic (exact) mass is 438 g/mol. The van der Waals surface area contributed by atoms with E-state index in [0.29, 0.717) is 6.04 Å². The second-order valence-corrected chi connectivity index (χ2v) is 9.88. The van der Waals surface area contributed by atoms with Gasteiger partial charge in [0.1, 0.15) is 6.04 Å². The third-order valence-corrected chi connectivity index (χ3v) is 7.62. The number of likely N-dealkylation sites (N-methyl/N-ethyl adjacent to an activating group) is 1. The zero-order valence-corrected chi connectivity index (χ0v) is 19.4. The van der Waals surface area contributed by atoms with Crippen LogP contribution in [-0.2, 0) is 17.9 Å². The molecule has 3 aliphatic heterocycles. The number of carbonyl (C=O) groups excluding carboxylic acids is 1. The maximum Gasteiger partial charge on any atom is 0.251 e. The van der Waals surface area contributed by atoms with Crippen molar-refractivity contribution in [2.75, 3.05) is 40.3 Å². The summed E-state index contributed by atoms with van der Waals surface area (Å²) in [5.74, 6) is 0.526. The molecule has 0 spiro atoms. The number of pyridine rings is 1. The molecule has 3 aliphatic rings. The summed E-state index contributed by atoms with van der Waals surface area (Å²) in [6.07, 6.45) is 5.94. The summed E-state index contributed by atoms with van der Waals surface area (Å²) < 4.78 is 3.92. The lowest BCUT2D eigenvalue weighted by atomic mass is 9.78. The Morgan fingerprint density at radius 1 is 1.22 bits per heavy atom. The second kappa shape index (κ2) is 8.48. The highest BCUT2D eigenvalue weighted by Gasteiger charge is 2.45. The lowest BCUT2D eigenvalue weighted by Gasteiger charge is -2.47. The maximum atomic E-state index is 13.8. The third-order valence-electron chi connectivity index (χ3n) is 7.62. The van der Waals surface area contributed by atoms with Crippen molar-refractivity contribution >= 4 is 5.91 Å². The van der Waals surface area contributed by atoms with Crippen LogP contribution in [0.5, 0.6) is 0 Å². The van der Waals surface area contributed by atoms with Crippen molar-refractivity contribution in [3.05, 3.63) is 52.5 Å². The highest BCUT2D eigenvalue weighted by atomic mass is 16.2. The first-order valence-electron chi connectivity index (χ1n) is 11.8. The van der Waals surface area contributed by atoms with Gasteiger partial charge in [-0.05, 0) is 39.9 Å². The Labute approximate surface area is 189 Å². The minimum Gasteiger partial charge on any atom is -0.339 e. The molecule has 1 amide bonds. The van der Waals surface area contributed by atoms with Crippen LogP contribution in [0.25, 0.3) is 0 Å². The highest BCUT2D eigenvalue weighted by Crippen LogP contribution is 2.42. The van der Waals surface area contributed by atoms with Crippen LogP contribution >= 0.6 is 0 Å². The molecule has 0 aliphatic carbocycles. The van der Waals surface area contributed by atoms with Crippen molar-refractivity contribution in [2.45, 2.75) is 50.9 Å². The van der Waals surface area contributed by atoms with Crippen LogP contribution in [-0.4, -0.2) is 81.0 Å². The predicted octanol–water partition coefficient (Wildman–Crippen LogP) is 1.39. The number of imidazole rings is 1. The molecule has 8 nitrogen and oxygen atoms in total. The number of carbonyl (C=O) groups is 1. The molecule has 4 atom stereocenters. The van der Waals surface area contributed by atoms with Crippen LogP contribution in [0.3, 0.4) is 0 Å². The number of aromatic nitrogens is 3. The maximum absolute atomic E-state index is 13.8. The molecular formula is C24H34N6O2. The van der Waals surface area contributed by atoms with Gasteiger partial charge in [0.05, 0.1) is 12.0 Å². The van der Waals surface area contributed by atoms with Crippen LogP contribution in [0.15, 0.2) is 35.5 Å². The zero-order chi connectivity index (χ0) is 22.4. The Kier molecular flexibility index (Phi) is 5.67. The molecule has 0 N–H and O–H groups in total. The Morgan fingerprint density at radius 3 is 2.78 bits per heavy atom. The first kappa shape index (κ1) is 21.4. The molecule has 2 aromatic heterocycles. The number of aryl methyl sites for hydroxylation is 1. The molecule has 2 fully saturated rings. The molecule has 5 heterocycles. The van der Waals surface area contributed by atoms with Gasteiger partial charge in [0.2, 0.25) is 5.91 Å². The van der Waals surface area contributed by atoms with E-state index in [2.05, 4.69) is 46.6 Å². The quantitative estimate of drug-likeness (QED) is 0.706. The molecule has 8 heteroatoms. The molecular weight excluding hydrogens is 404 g/mol. The van der Waals surface area contributed by atoms with Crippen LogP contribution in [0.1, 0.15) is 43.1 Å². The van der Waals surface area contributed by atoms with Crippen LogP contribution in [0, 0.1) is 5.92 Å². The van der Waals surface area contributed by atoms with Gasteiger partial charge in [-0.25, -0.2) is 4.98 Å². The summed E-state index contributed by atoms with van der Waals surface area (Å²) >= 11 is 0. The van der Waals surface area contributed by atoms with E-state index < -0.39 is 6.04 Å². The van der Waals surface area contributed by atoms with E-state index in [1.54, 1.807) is 6.07 Å². The summed E-state index contributed by atoms with van der Waals surface area (Å²) in [5, 5.41) is 0. The van der Waals surface area contributed by atoms with Gasteiger partial charge in [0.25, 0.3) is 5.56 Å². The summed E-state index contributed by atoms with van der Waals surface area (Å²) in [4.78, 5) is 37.9. The molecule has 0 radical (unpaired) electrons. The van der Waals surface area contributed by atoms with E-state index in [0.717, 1.165) is 63.5 Å². The van der Waals surface area contributed by atoms with Crippen molar-refractivity contribution in [1.82, 2.24) is 28.8 Å². The van der Waals surface area contributed by atoms with Gasteiger partial charge < -0.3 is 14.4 Å². The molecule has 2 bridgehead atoms. The van der Waals surface area contributed by atoms with E-state index in [1.165, 1.54) is 0 Å². The fraction of sp³-hybridized carbons (Fsp3) is 0.625. The number of hydrogen-bond donors (Lipinski definition) is 0. The summed E-state index contributed by atoms with van der Waals surface area (Å²) in [7, 11) is 4.14. The molecule has 172 valence electrons. The van der Waals surface area contributed by atoms with E-state index in [9.17, 15) is 9.59 Å². The van der Waals surface area contributed by atoms with Gasteiger partial charge in [-0.2, -0.15) is 0 Å². The number of fused-ring (bicyclic) bond motifs is 4. The van der Waals surface area contributed by atoms with Crippen LogP contribution in [0.4, 0.5) is 0 Å². The smallest absolute Gasteiger partial charge is 0.251 e. The Bertz CT molecular complexity index is 1040. The van der Waals surface area contributed by atoms with E-state index in [4.69, 9.17) is 0 Å².